The summed E-state index contributed by atoms with van der Waals surface area (Å²) in [6.45, 7) is -3.06. The van der Waals surface area contributed by atoms with Crippen LogP contribution in [0, 0.1) is 10.1 Å². The Morgan fingerprint density at radius 2 is 1.83 bits per heavy atom. The number of nitrogens with zero attached hydrogens (tertiary/aromatic N) is 1. The maximum absolute atomic E-state index is 12.0. The fourth-order valence-electron chi connectivity index (χ4n) is 1.83. The molecular weight excluding hydrogens is 312 g/mol. The van der Waals surface area contributed by atoms with Crippen LogP contribution < -0.4 is 9.47 Å². The molecule has 1 N–H and O–H groups in total. The molecule has 0 radical (unpaired) electrons. The lowest BCUT2D eigenvalue weighted by atomic mass is 10.1. The van der Waals surface area contributed by atoms with Gasteiger partial charge in [-0.2, -0.15) is 8.78 Å². The van der Waals surface area contributed by atoms with Crippen LogP contribution in [-0.4, -0.2) is 23.2 Å². The zero-order chi connectivity index (χ0) is 16.8. The highest BCUT2D eigenvalue weighted by Gasteiger charge is 2.12. The minimum Gasteiger partial charge on any atom is -0.490 e. The van der Waals surface area contributed by atoms with Crippen molar-refractivity contribution in [3.63, 3.8) is 0 Å². The van der Waals surface area contributed by atoms with E-state index in [0.717, 1.165) is 0 Å². The average molecular weight is 325 g/mol. The van der Waals surface area contributed by atoms with Crippen LogP contribution in [0.4, 0.5) is 14.5 Å². The third-order valence-electron chi connectivity index (χ3n) is 2.93. The lowest BCUT2D eigenvalue weighted by molar-refractivity contribution is -0.384. The SMILES string of the molecule is O=[N+]([O-])c1cccc(OCC(O)c2ccc(OC(F)F)cc2)c1. The zero-order valence-corrected chi connectivity index (χ0v) is 11.8. The van der Waals surface area contributed by atoms with Gasteiger partial charge in [0.2, 0.25) is 0 Å². The molecule has 1 unspecified atom stereocenters. The van der Waals surface area contributed by atoms with Crippen LogP contribution >= 0.6 is 0 Å². The molecule has 8 heteroatoms. The van der Waals surface area contributed by atoms with E-state index in [1.165, 1.54) is 48.5 Å². The molecule has 6 nitrogen and oxygen atoms in total. The first-order valence-electron chi connectivity index (χ1n) is 6.56. The van der Waals surface area contributed by atoms with E-state index in [9.17, 15) is 24.0 Å². The first kappa shape index (κ1) is 16.6. The van der Waals surface area contributed by atoms with E-state index in [2.05, 4.69) is 4.74 Å². The van der Waals surface area contributed by atoms with Crippen molar-refractivity contribution in [1.82, 2.24) is 0 Å². The van der Waals surface area contributed by atoms with Gasteiger partial charge in [-0.1, -0.05) is 18.2 Å². The summed E-state index contributed by atoms with van der Waals surface area (Å²) < 4.78 is 33.6. The van der Waals surface area contributed by atoms with Gasteiger partial charge in [-0.25, -0.2) is 0 Å². The van der Waals surface area contributed by atoms with Crippen molar-refractivity contribution >= 4 is 5.69 Å². The molecule has 0 spiro atoms. The highest BCUT2D eigenvalue weighted by atomic mass is 19.3. The van der Waals surface area contributed by atoms with E-state index in [1.807, 2.05) is 0 Å². The Morgan fingerprint density at radius 3 is 2.43 bits per heavy atom. The molecule has 2 aromatic carbocycles. The highest BCUT2D eigenvalue weighted by molar-refractivity contribution is 5.38. The molecule has 23 heavy (non-hydrogen) atoms. The Kier molecular flexibility index (Phi) is 5.42. The molecule has 0 amide bonds. The monoisotopic (exact) mass is 325 g/mol. The molecule has 0 heterocycles. The van der Waals surface area contributed by atoms with Crippen molar-refractivity contribution in [3.05, 3.63) is 64.2 Å². The number of hydrogen-bond donors (Lipinski definition) is 1. The second kappa shape index (κ2) is 7.50. The predicted octanol–water partition coefficient (Wildman–Crippen LogP) is 3.31. The number of ether oxygens (including phenoxy) is 2. The number of non-ortho nitro benzene ring substituents is 1. The van der Waals surface area contributed by atoms with E-state index in [0.29, 0.717) is 5.56 Å². The van der Waals surface area contributed by atoms with Crippen molar-refractivity contribution in [2.45, 2.75) is 12.7 Å². The quantitative estimate of drug-likeness (QED) is 0.624. The second-order valence-corrected chi connectivity index (χ2v) is 4.53. The third kappa shape index (κ3) is 4.89. The number of nitro groups is 1. The number of aliphatic hydroxyl groups excluding tert-OH is 1. The van der Waals surface area contributed by atoms with Gasteiger partial charge in [0.25, 0.3) is 5.69 Å². The number of rotatable bonds is 7. The van der Waals surface area contributed by atoms with Crippen LogP contribution in [0.5, 0.6) is 11.5 Å². The molecule has 0 aliphatic carbocycles. The van der Waals surface area contributed by atoms with Gasteiger partial charge in [-0.05, 0) is 23.8 Å². The van der Waals surface area contributed by atoms with Gasteiger partial charge in [0.1, 0.15) is 24.2 Å². The first-order valence-corrected chi connectivity index (χ1v) is 6.56. The molecule has 122 valence electrons. The maximum Gasteiger partial charge on any atom is 0.387 e. The lowest BCUT2D eigenvalue weighted by Crippen LogP contribution is -2.10. The minimum absolute atomic E-state index is 0.0180. The lowest BCUT2D eigenvalue weighted by Gasteiger charge is -2.13. The molecule has 2 rings (SSSR count). The molecule has 0 bridgehead atoms. The molecule has 0 fully saturated rings. The topological polar surface area (TPSA) is 81.8 Å². The van der Waals surface area contributed by atoms with Crippen molar-refractivity contribution < 1.29 is 28.3 Å². The van der Waals surface area contributed by atoms with Gasteiger partial charge < -0.3 is 14.6 Å². The number of benzene rings is 2. The van der Waals surface area contributed by atoms with Crippen molar-refractivity contribution in [1.29, 1.82) is 0 Å². The minimum atomic E-state index is -2.91. The second-order valence-electron chi connectivity index (χ2n) is 4.53. The number of hydrogen-bond acceptors (Lipinski definition) is 5. The van der Waals surface area contributed by atoms with Crippen LogP contribution in [0.3, 0.4) is 0 Å². The fourth-order valence-corrected chi connectivity index (χ4v) is 1.83. The van der Waals surface area contributed by atoms with Crippen molar-refractivity contribution in [2.75, 3.05) is 6.61 Å². The van der Waals surface area contributed by atoms with Crippen LogP contribution in [-0.2, 0) is 0 Å². The Labute approximate surface area is 130 Å². The molecule has 0 aromatic heterocycles. The maximum atomic E-state index is 12.0. The summed E-state index contributed by atoms with van der Waals surface area (Å²) in [5.41, 5.74) is 0.322. The molecular formula is C15H13F2NO5. The van der Waals surface area contributed by atoms with Crippen molar-refractivity contribution in [2.24, 2.45) is 0 Å². The van der Waals surface area contributed by atoms with E-state index < -0.39 is 17.6 Å². The van der Waals surface area contributed by atoms with E-state index in [-0.39, 0.29) is 23.8 Å². The summed E-state index contributed by atoms with van der Waals surface area (Å²) in [6, 6.07) is 11.0. The van der Waals surface area contributed by atoms with Gasteiger partial charge in [0.05, 0.1) is 11.0 Å². The van der Waals surface area contributed by atoms with Gasteiger partial charge in [-0.3, -0.25) is 10.1 Å². The van der Waals surface area contributed by atoms with Crippen LogP contribution in [0.25, 0.3) is 0 Å². The Morgan fingerprint density at radius 1 is 1.13 bits per heavy atom. The molecule has 0 saturated carbocycles. The summed E-state index contributed by atoms with van der Waals surface area (Å²) in [6.07, 6.45) is -1.02. The van der Waals surface area contributed by atoms with E-state index in [1.54, 1.807) is 0 Å². The number of alkyl halides is 2. The number of aliphatic hydroxyl groups is 1. The Bertz CT molecular complexity index is 663. The molecule has 0 saturated heterocycles. The van der Waals surface area contributed by atoms with Gasteiger partial charge in [0, 0.05) is 6.07 Å². The highest BCUT2D eigenvalue weighted by Crippen LogP contribution is 2.22. The van der Waals surface area contributed by atoms with Gasteiger partial charge >= 0.3 is 6.61 Å². The number of halogens is 2. The van der Waals surface area contributed by atoms with Crippen LogP contribution in [0.15, 0.2) is 48.5 Å². The van der Waals surface area contributed by atoms with E-state index in [4.69, 9.17) is 4.74 Å². The molecule has 0 aliphatic rings. The average Bonchev–Trinajstić information content (AvgIpc) is 2.53. The number of nitro benzene ring substituents is 1. The summed E-state index contributed by atoms with van der Waals surface area (Å²) in [7, 11) is 0. The summed E-state index contributed by atoms with van der Waals surface area (Å²) in [5, 5.41) is 20.6. The zero-order valence-electron chi connectivity index (χ0n) is 11.8. The summed E-state index contributed by atoms with van der Waals surface area (Å²) >= 11 is 0. The normalized spacial score (nSPS) is 12.0. The van der Waals surface area contributed by atoms with Gasteiger partial charge in [0.15, 0.2) is 0 Å². The Hall–Kier alpha value is -2.74. The summed E-state index contributed by atoms with van der Waals surface area (Å²) in [5.74, 6) is 0.228. The van der Waals surface area contributed by atoms with Crippen LogP contribution in [0.1, 0.15) is 11.7 Å². The Balaban J connectivity index is 1.95. The fraction of sp³-hybridized carbons (Fsp3) is 0.200. The molecule has 1 atom stereocenters. The summed E-state index contributed by atoms with van der Waals surface area (Å²) in [4.78, 5) is 10.1. The molecule has 2 aromatic rings. The third-order valence-corrected chi connectivity index (χ3v) is 2.93. The largest absolute Gasteiger partial charge is 0.490 e. The van der Waals surface area contributed by atoms with Crippen molar-refractivity contribution in [3.8, 4) is 11.5 Å². The van der Waals surface area contributed by atoms with E-state index >= 15 is 0 Å². The smallest absolute Gasteiger partial charge is 0.387 e. The predicted molar refractivity (Wildman–Crippen MR) is 76.6 cm³/mol. The van der Waals surface area contributed by atoms with Crippen LogP contribution in [0.2, 0.25) is 0 Å². The molecule has 0 aliphatic heterocycles. The first-order chi connectivity index (χ1) is 11.0. The standard InChI is InChI=1S/C15H13F2NO5/c16-15(17)23-12-6-4-10(5-7-12)14(19)9-22-13-3-1-2-11(8-13)18(20)21/h1-8,14-15,19H,9H2. The van der Waals surface area contributed by atoms with Gasteiger partial charge in [-0.15, -0.1) is 0 Å².